The van der Waals surface area contributed by atoms with Crippen LogP contribution in [0.1, 0.15) is 36.9 Å². The molecule has 3 heterocycles. The predicted molar refractivity (Wildman–Crippen MR) is 60.0 cm³/mol. The summed E-state index contributed by atoms with van der Waals surface area (Å²) in [6.07, 6.45) is 5.13. The summed E-state index contributed by atoms with van der Waals surface area (Å²) in [6.45, 7) is 0. The number of aromatic nitrogens is 1. The quantitative estimate of drug-likeness (QED) is 0.793. The summed E-state index contributed by atoms with van der Waals surface area (Å²) >= 11 is 0. The number of nitriles is 1. The van der Waals surface area contributed by atoms with E-state index in [1.807, 2.05) is 6.07 Å². The Kier molecular flexibility index (Phi) is 2.39. The fourth-order valence-corrected chi connectivity index (χ4v) is 2.86. The Balaban J connectivity index is 1.89. The second-order valence-corrected chi connectivity index (χ2v) is 4.94. The van der Waals surface area contributed by atoms with Crippen molar-refractivity contribution in [2.24, 2.45) is 0 Å². The molecule has 0 amide bonds. The zero-order valence-corrected chi connectivity index (χ0v) is 9.47. The lowest BCUT2D eigenvalue weighted by Gasteiger charge is -2.35. The summed E-state index contributed by atoms with van der Waals surface area (Å²) in [5.74, 6) is 0. The zero-order valence-electron chi connectivity index (χ0n) is 9.47. The maximum absolute atomic E-state index is 10.7. The smallest absolute Gasteiger partial charge is 0.111 e. The van der Waals surface area contributed by atoms with Crippen LogP contribution in [0.25, 0.3) is 0 Å². The predicted octanol–water partition coefficient (Wildman–Crippen LogP) is 1.48. The first-order valence-corrected chi connectivity index (χ1v) is 5.94. The minimum Gasteiger partial charge on any atom is -0.383 e. The van der Waals surface area contributed by atoms with E-state index in [-0.39, 0.29) is 12.2 Å². The number of aliphatic hydroxyl groups is 1. The number of rotatable bonds is 1. The molecule has 3 rings (SSSR count). The first-order chi connectivity index (χ1) is 8.19. The molecule has 2 aliphatic heterocycles. The van der Waals surface area contributed by atoms with Gasteiger partial charge >= 0.3 is 0 Å². The van der Waals surface area contributed by atoms with Gasteiger partial charge in [0.1, 0.15) is 11.7 Å². The number of pyridine rings is 1. The summed E-state index contributed by atoms with van der Waals surface area (Å²) in [4.78, 5) is 4.21. The monoisotopic (exact) mass is 230 g/mol. The average molecular weight is 230 g/mol. The lowest BCUT2D eigenvalue weighted by molar-refractivity contribution is -0.117. The van der Waals surface area contributed by atoms with E-state index < -0.39 is 5.60 Å². The third-order valence-corrected chi connectivity index (χ3v) is 3.70. The average Bonchev–Trinajstić information content (AvgIpc) is 2.69. The molecule has 0 aromatic carbocycles. The van der Waals surface area contributed by atoms with Crippen LogP contribution in [0.4, 0.5) is 0 Å². The highest BCUT2D eigenvalue weighted by molar-refractivity contribution is 5.28. The Labute approximate surface area is 99.9 Å². The van der Waals surface area contributed by atoms with Gasteiger partial charge in [-0.2, -0.15) is 5.26 Å². The van der Waals surface area contributed by atoms with Gasteiger partial charge in [-0.1, -0.05) is 0 Å². The van der Waals surface area contributed by atoms with E-state index in [0.29, 0.717) is 24.1 Å². The van der Waals surface area contributed by atoms with E-state index >= 15 is 0 Å². The third-order valence-electron chi connectivity index (χ3n) is 3.70. The first-order valence-electron chi connectivity index (χ1n) is 5.94. The van der Waals surface area contributed by atoms with Crippen molar-refractivity contribution in [2.45, 2.75) is 43.5 Å². The van der Waals surface area contributed by atoms with Gasteiger partial charge in [0.15, 0.2) is 0 Å². The second-order valence-electron chi connectivity index (χ2n) is 4.94. The molecule has 2 saturated heterocycles. The van der Waals surface area contributed by atoms with E-state index in [1.54, 1.807) is 12.1 Å². The fourth-order valence-electron chi connectivity index (χ4n) is 2.86. The van der Waals surface area contributed by atoms with Crippen molar-refractivity contribution in [1.82, 2.24) is 4.98 Å². The first kappa shape index (κ1) is 10.7. The minimum atomic E-state index is -0.877. The molecule has 0 spiro atoms. The molecular formula is C13H14N2O2. The molecule has 1 aromatic rings. The third kappa shape index (κ3) is 1.82. The Morgan fingerprint density at radius 3 is 2.59 bits per heavy atom. The van der Waals surface area contributed by atoms with Crippen LogP contribution in [-0.2, 0) is 10.3 Å². The number of nitrogens with zero attached hydrogens (tertiary/aromatic N) is 2. The maximum atomic E-state index is 10.7. The molecule has 0 saturated carbocycles. The van der Waals surface area contributed by atoms with Gasteiger partial charge < -0.3 is 9.84 Å². The van der Waals surface area contributed by atoms with Crippen molar-refractivity contribution in [2.75, 3.05) is 0 Å². The number of ether oxygens (including phenoxy) is 1. The second kappa shape index (κ2) is 3.80. The molecule has 2 bridgehead atoms. The summed E-state index contributed by atoms with van der Waals surface area (Å²) in [5.41, 5.74) is 0.307. The van der Waals surface area contributed by atoms with Crippen molar-refractivity contribution >= 4 is 0 Å². The van der Waals surface area contributed by atoms with Gasteiger partial charge in [0.2, 0.25) is 0 Å². The molecule has 4 nitrogen and oxygen atoms in total. The maximum Gasteiger partial charge on any atom is 0.111 e. The topological polar surface area (TPSA) is 66.1 Å². The standard InChI is InChI=1S/C13H14N2O2/c14-7-9-1-4-12(15-8-9)13(16)5-10-2-3-11(6-13)17-10/h1,4,8,10-11,16H,2-3,5-6H2. The van der Waals surface area contributed by atoms with Crippen LogP contribution >= 0.6 is 0 Å². The fraction of sp³-hybridized carbons (Fsp3) is 0.538. The molecule has 1 N–H and O–H groups in total. The van der Waals surface area contributed by atoms with Gasteiger partial charge in [0.25, 0.3) is 0 Å². The number of fused-ring (bicyclic) bond motifs is 2. The van der Waals surface area contributed by atoms with Gasteiger partial charge in [0.05, 0.1) is 23.5 Å². The van der Waals surface area contributed by atoms with Gasteiger partial charge in [-0.05, 0) is 25.0 Å². The Morgan fingerprint density at radius 2 is 2.06 bits per heavy atom. The van der Waals surface area contributed by atoms with Crippen molar-refractivity contribution in [3.05, 3.63) is 29.6 Å². The van der Waals surface area contributed by atoms with Crippen LogP contribution in [0.15, 0.2) is 18.3 Å². The van der Waals surface area contributed by atoms with Crippen LogP contribution in [0, 0.1) is 11.3 Å². The molecule has 2 aliphatic rings. The van der Waals surface area contributed by atoms with Gasteiger partial charge in [-0.3, -0.25) is 4.98 Å². The molecule has 4 heteroatoms. The van der Waals surface area contributed by atoms with Gasteiger partial charge in [-0.25, -0.2) is 0 Å². The molecule has 2 fully saturated rings. The Bertz CT molecular complexity index is 451. The van der Waals surface area contributed by atoms with Crippen LogP contribution in [0.5, 0.6) is 0 Å². The lowest BCUT2D eigenvalue weighted by Crippen LogP contribution is -2.39. The van der Waals surface area contributed by atoms with Crippen LogP contribution < -0.4 is 0 Å². The zero-order chi connectivity index (χ0) is 11.9. The molecule has 2 atom stereocenters. The molecule has 17 heavy (non-hydrogen) atoms. The van der Waals surface area contributed by atoms with E-state index in [9.17, 15) is 5.11 Å². The van der Waals surface area contributed by atoms with Crippen LogP contribution in [0.3, 0.4) is 0 Å². The highest BCUT2D eigenvalue weighted by Gasteiger charge is 2.45. The number of hydrogen-bond acceptors (Lipinski definition) is 4. The van der Waals surface area contributed by atoms with Crippen LogP contribution in [0.2, 0.25) is 0 Å². The SMILES string of the molecule is N#Cc1ccc(C2(O)CC3CCC(C2)O3)nc1. The minimum absolute atomic E-state index is 0.163. The highest BCUT2D eigenvalue weighted by atomic mass is 16.5. The highest BCUT2D eigenvalue weighted by Crippen LogP contribution is 2.43. The van der Waals surface area contributed by atoms with Gasteiger partial charge in [-0.15, -0.1) is 0 Å². The lowest BCUT2D eigenvalue weighted by atomic mass is 9.86. The summed E-state index contributed by atoms with van der Waals surface area (Å²) < 4.78 is 5.72. The molecular weight excluding hydrogens is 216 g/mol. The summed E-state index contributed by atoms with van der Waals surface area (Å²) in [5, 5.41) is 19.4. The van der Waals surface area contributed by atoms with Crippen molar-refractivity contribution in [1.29, 1.82) is 5.26 Å². The molecule has 88 valence electrons. The Morgan fingerprint density at radius 1 is 1.35 bits per heavy atom. The van der Waals surface area contributed by atoms with E-state index in [0.717, 1.165) is 12.8 Å². The number of hydrogen-bond donors (Lipinski definition) is 1. The van der Waals surface area contributed by atoms with Gasteiger partial charge in [0, 0.05) is 19.0 Å². The van der Waals surface area contributed by atoms with E-state index in [1.165, 1.54) is 6.20 Å². The van der Waals surface area contributed by atoms with Crippen molar-refractivity contribution in [3.63, 3.8) is 0 Å². The normalized spacial score (nSPS) is 35.5. The van der Waals surface area contributed by atoms with Crippen LogP contribution in [-0.4, -0.2) is 22.3 Å². The molecule has 0 radical (unpaired) electrons. The summed E-state index contributed by atoms with van der Waals surface area (Å²) in [7, 11) is 0. The van der Waals surface area contributed by atoms with E-state index in [4.69, 9.17) is 10.00 Å². The van der Waals surface area contributed by atoms with Crippen molar-refractivity contribution in [3.8, 4) is 6.07 Å². The van der Waals surface area contributed by atoms with E-state index in [2.05, 4.69) is 4.98 Å². The molecule has 1 aromatic heterocycles. The van der Waals surface area contributed by atoms with Crippen molar-refractivity contribution < 1.29 is 9.84 Å². The molecule has 2 unspecified atom stereocenters. The Hall–Kier alpha value is -1.44. The summed E-state index contributed by atoms with van der Waals surface area (Å²) in [6, 6.07) is 5.49. The largest absolute Gasteiger partial charge is 0.383 e. The molecule has 0 aliphatic carbocycles.